The van der Waals surface area contributed by atoms with E-state index in [9.17, 15) is 0 Å². The third kappa shape index (κ3) is 2.13. The molecule has 82 valence electrons. The molecule has 0 radical (unpaired) electrons. The first-order chi connectivity index (χ1) is 7.72. The number of aromatic nitrogens is 2. The molecule has 16 heavy (non-hydrogen) atoms. The summed E-state index contributed by atoms with van der Waals surface area (Å²) in [6.07, 6.45) is 1.72. The molecule has 0 fully saturated rings. The van der Waals surface area contributed by atoms with Crippen LogP contribution in [0.2, 0.25) is 0 Å². The monoisotopic (exact) mass is 277 g/mol. The standard InChI is InChI=1S/C12H12BrN3/c1-8-12(15-7-9(6-14)16-8)10-4-2-3-5-11(10)13/h2-5,7H,6,14H2,1H3. The van der Waals surface area contributed by atoms with Crippen molar-refractivity contribution in [3.8, 4) is 11.3 Å². The molecule has 0 aliphatic heterocycles. The summed E-state index contributed by atoms with van der Waals surface area (Å²) < 4.78 is 1.02. The van der Waals surface area contributed by atoms with Gasteiger partial charge in [0.15, 0.2) is 0 Å². The van der Waals surface area contributed by atoms with Crippen LogP contribution in [-0.2, 0) is 6.54 Å². The Morgan fingerprint density at radius 1 is 1.31 bits per heavy atom. The summed E-state index contributed by atoms with van der Waals surface area (Å²) in [6.45, 7) is 2.37. The SMILES string of the molecule is Cc1nc(CN)cnc1-c1ccccc1Br. The second-order valence-corrected chi connectivity index (χ2v) is 4.33. The van der Waals surface area contributed by atoms with Gasteiger partial charge in [-0.3, -0.25) is 9.97 Å². The number of benzene rings is 1. The highest BCUT2D eigenvalue weighted by Crippen LogP contribution is 2.27. The smallest absolute Gasteiger partial charge is 0.0925 e. The number of nitrogens with two attached hydrogens (primary N) is 1. The van der Waals surface area contributed by atoms with E-state index in [0.29, 0.717) is 6.54 Å². The maximum Gasteiger partial charge on any atom is 0.0925 e. The average Bonchev–Trinajstić information content (AvgIpc) is 2.30. The number of rotatable bonds is 2. The molecule has 0 bridgehead atoms. The van der Waals surface area contributed by atoms with Crippen LogP contribution in [0.15, 0.2) is 34.9 Å². The molecule has 4 heteroatoms. The highest BCUT2D eigenvalue weighted by Gasteiger charge is 2.08. The fourth-order valence-electron chi connectivity index (χ4n) is 1.55. The van der Waals surface area contributed by atoms with Gasteiger partial charge in [0, 0.05) is 16.6 Å². The lowest BCUT2D eigenvalue weighted by atomic mass is 10.1. The minimum absolute atomic E-state index is 0.421. The van der Waals surface area contributed by atoms with Crippen molar-refractivity contribution in [3.63, 3.8) is 0 Å². The van der Waals surface area contributed by atoms with Gasteiger partial charge in [0.25, 0.3) is 0 Å². The summed E-state index contributed by atoms with van der Waals surface area (Å²) in [5.41, 5.74) is 9.18. The molecule has 0 saturated carbocycles. The summed E-state index contributed by atoms with van der Waals surface area (Å²) in [7, 11) is 0. The van der Waals surface area contributed by atoms with Crippen molar-refractivity contribution in [2.24, 2.45) is 5.73 Å². The quantitative estimate of drug-likeness (QED) is 0.918. The van der Waals surface area contributed by atoms with Crippen LogP contribution in [0.3, 0.4) is 0 Å². The van der Waals surface area contributed by atoms with E-state index in [1.54, 1.807) is 6.20 Å². The Balaban J connectivity index is 2.53. The molecule has 2 N–H and O–H groups in total. The van der Waals surface area contributed by atoms with E-state index in [-0.39, 0.29) is 0 Å². The van der Waals surface area contributed by atoms with Crippen LogP contribution < -0.4 is 5.73 Å². The molecule has 0 unspecified atom stereocenters. The van der Waals surface area contributed by atoms with Crippen LogP contribution in [0, 0.1) is 6.92 Å². The first-order valence-electron chi connectivity index (χ1n) is 5.00. The van der Waals surface area contributed by atoms with E-state index in [2.05, 4.69) is 25.9 Å². The van der Waals surface area contributed by atoms with Crippen LogP contribution in [0.1, 0.15) is 11.4 Å². The van der Waals surface area contributed by atoms with E-state index in [1.807, 2.05) is 31.2 Å². The topological polar surface area (TPSA) is 51.8 Å². The van der Waals surface area contributed by atoms with Gasteiger partial charge >= 0.3 is 0 Å². The van der Waals surface area contributed by atoms with Gasteiger partial charge in [0.2, 0.25) is 0 Å². The fraction of sp³-hybridized carbons (Fsp3) is 0.167. The first kappa shape index (κ1) is 11.2. The zero-order chi connectivity index (χ0) is 11.5. The normalized spacial score (nSPS) is 10.4. The Morgan fingerprint density at radius 2 is 2.06 bits per heavy atom. The van der Waals surface area contributed by atoms with Gasteiger partial charge < -0.3 is 5.73 Å². The maximum absolute atomic E-state index is 5.53. The Morgan fingerprint density at radius 3 is 2.69 bits per heavy atom. The Bertz CT molecular complexity index is 511. The number of halogens is 1. The fourth-order valence-corrected chi connectivity index (χ4v) is 2.02. The second-order valence-electron chi connectivity index (χ2n) is 3.48. The molecule has 2 rings (SSSR count). The maximum atomic E-state index is 5.53. The minimum atomic E-state index is 0.421. The molecular weight excluding hydrogens is 266 g/mol. The highest BCUT2D eigenvalue weighted by atomic mass is 79.9. The zero-order valence-electron chi connectivity index (χ0n) is 8.94. The Kier molecular flexibility index (Phi) is 3.31. The first-order valence-corrected chi connectivity index (χ1v) is 5.79. The van der Waals surface area contributed by atoms with Crippen LogP contribution in [0.25, 0.3) is 11.3 Å². The van der Waals surface area contributed by atoms with Crippen molar-refractivity contribution < 1.29 is 0 Å². The van der Waals surface area contributed by atoms with Crippen molar-refractivity contribution in [1.29, 1.82) is 0 Å². The second kappa shape index (κ2) is 4.72. The van der Waals surface area contributed by atoms with Crippen molar-refractivity contribution in [3.05, 3.63) is 46.3 Å². The number of hydrogen-bond acceptors (Lipinski definition) is 3. The van der Waals surface area contributed by atoms with Gasteiger partial charge in [-0.15, -0.1) is 0 Å². The number of nitrogens with zero attached hydrogens (tertiary/aromatic N) is 2. The molecule has 0 atom stereocenters. The average molecular weight is 278 g/mol. The molecular formula is C12H12BrN3. The van der Waals surface area contributed by atoms with Gasteiger partial charge in [0.05, 0.1) is 23.3 Å². The summed E-state index contributed by atoms with van der Waals surface area (Å²) in [4.78, 5) is 8.81. The lowest BCUT2D eigenvalue weighted by Crippen LogP contribution is -2.03. The van der Waals surface area contributed by atoms with Crippen molar-refractivity contribution in [1.82, 2.24) is 9.97 Å². The zero-order valence-corrected chi connectivity index (χ0v) is 10.5. The van der Waals surface area contributed by atoms with Gasteiger partial charge in [-0.2, -0.15) is 0 Å². The van der Waals surface area contributed by atoms with Gasteiger partial charge in [-0.1, -0.05) is 34.1 Å². The summed E-state index contributed by atoms with van der Waals surface area (Å²) >= 11 is 3.51. The van der Waals surface area contributed by atoms with E-state index >= 15 is 0 Å². The summed E-state index contributed by atoms with van der Waals surface area (Å²) in [5, 5.41) is 0. The predicted octanol–water partition coefficient (Wildman–Crippen LogP) is 2.67. The summed E-state index contributed by atoms with van der Waals surface area (Å²) in [6, 6.07) is 7.97. The third-order valence-electron chi connectivity index (χ3n) is 2.33. The molecule has 0 amide bonds. The lowest BCUT2D eigenvalue weighted by Gasteiger charge is -2.07. The number of hydrogen-bond donors (Lipinski definition) is 1. The van der Waals surface area contributed by atoms with E-state index < -0.39 is 0 Å². The highest BCUT2D eigenvalue weighted by molar-refractivity contribution is 9.10. The van der Waals surface area contributed by atoms with Gasteiger partial charge in [-0.05, 0) is 13.0 Å². The van der Waals surface area contributed by atoms with Gasteiger partial charge in [0.1, 0.15) is 0 Å². The van der Waals surface area contributed by atoms with E-state index in [4.69, 9.17) is 5.73 Å². The van der Waals surface area contributed by atoms with Crippen molar-refractivity contribution >= 4 is 15.9 Å². The number of aryl methyl sites for hydroxylation is 1. The van der Waals surface area contributed by atoms with Gasteiger partial charge in [-0.25, -0.2) is 0 Å². The summed E-state index contributed by atoms with van der Waals surface area (Å²) in [5.74, 6) is 0. The molecule has 1 aromatic heterocycles. The molecule has 0 spiro atoms. The molecule has 2 aromatic rings. The van der Waals surface area contributed by atoms with Crippen LogP contribution in [-0.4, -0.2) is 9.97 Å². The molecule has 0 saturated heterocycles. The third-order valence-corrected chi connectivity index (χ3v) is 3.03. The van der Waals surface area contributed by atoms with E-state index in [1.165, 1.54) is 0 Å². The Hall–Kier alpha value is -1.26. The van der Waals surface area contributed by atoms with E-state index in [0.717, 1.165) is 27.1 Å². The minimum Gasteiger partial charge on any atom is -0.325 e. The molecule has 3 nitrogen and oxygen atoms in total. The van der Waals surface area contributed by atoms with Crippen LogP contribution in [0.4, 0.5) is 0 Å². The molecule has 1 aromatic carbocycles. The van der Waals surface area contributed by atoms with Crippen molar-refractivity contribution in [2.75, 3.05) is 0 Å². The van der Waals surface area contributed by atoms with Crippen LogP contribution >= 0.6 is 15.9 Å². The largest absolute Gasteiger partial charge is 0.325 e. The molecule has 0 aliphatic carbocycles. The molecule has 0 aliphatic rings. The predicted molar refractivity (Wildman–Crippen MR) is 67.8 cm³/mol. The lowest BCUT2D eigenvalue weighted by molar-refractivity contribution is 0.942. The molecule has 1 heterocycles. The van der Waals surface area contributed by atoms with Crippen molar-refractivity contribution in [2.45, 2.75) is 13.5 Å². The van der Waals surface area contributed by atoms with Crippen LogP contribution in [0.5, 0.6) is 0 Å². The Labute approximate surface area is 103 Å².